The van der Waals surface area contributed by atoms with E-state index in [1.165, 1.54) is 0 Å². The van der Waals surface area contributed by atoms with E-state index < -0.39 is 12.8 Å². The maximum Gasteiger partial charge on any atom is 0.411 e. The number of alkyl halides is 3. The minimum atomic E-state index is -4.25. The lowest BCUT2D eigenvalue weighted by Gasteiger charge is -2.09. The normalized spacial score (nSPS) is 11.5. The van der Waals surface area contributed by atoms with Crippen molar-refractivity contribution in [2.45, 2.75) is 12.6 Å². The van der Waals surface area contributed by atoms with Crippen LogP contribution in [0, 0.1) is 0 Å². The highest BCUT2D eigenvalue weighted by Gasteiger charge is 2.27. The number of benzene rings is 1. The Hall–Kier alpha value is -1.27. The Morgan fingerprint density at radius 2 is 1.74 bits per heavy atom. The Kier molecular flexibility index (Phi) is 7.28. The van der Waals surface area contributed by atoms with Crippen molar-refractivity contribution in [2.24, 2.45) is 0 Å². The molecule has 0 aromatic heterocycles. The molecule has 0 bridgehead atoms. The SMILES string of the molecule is FC(F)(F)COCCNCCCOc1ccccc1. The summed E-state index contributed by atoms with van der Waals surface area (Å²) < 4.78 is 45.1. The van der Waals surface area contributed by atoms with Crippen molar-refractivity contribution >= 4 is 0 Å². The molecule has 19 heavy (non-hydrogen) atoms. The van der Waals surface area contributed by atoms with Gasteiger partial charge in [-0.3, -0.25) is 0 Å². The van der Waals surface area contributed by atoms with E-state index in [0.717, 1.165) is 12.2 Å². The van der Waals surface area contributed by atoms with Gasteiger partial charge in [0.1, 0.15) is 12.4 Å². The highest BCUT2D eigenvalue weighted by Crippen LogP contribution is 2.13. The van der Waals surface area contributed by atoms with Crippen LogP contribution >= 0.6 is 0 Å². The van der Waals surface area contributed by atoms with Crippen LogP contribution in [0.2, 0.25) is 0 Å². The molecule has 0 aliphatic heterocycles. The summed E-state index contributed by atoms with van der Waals surface area (Å²) >= 11 is 0. The number of nitrogens with one attached hydrogen (secondary N) is 1. The van der Waals surface area contributed by atoms with E-state index in [4.69, 9.17) is 4.74 Å². The first kappa shape index (κ1) is 15.8. The van der Waals surface area contributed by atoms with E-state index in [1.807, 2.05) is 30.3 Å². The smallest absolute Gasteiger partial charge is 0.411 e. The fourth-order valence-electron chi connectivity index (χ4n) is 1.36. The average molecular weight is 277 g/mol. The first-order valence-electron chi connectivity index (χ1n) is 6.11. The summed E-state index contributed by atoms with van der Waals surface area (Å²) in [6.45, 7) is 0.523. The third kappa shape index (κ3) is 9.32. The molecule has 0 aliphatic carbocycles. The second kappa shape index (κ2) is 8.77. The summed E-state index contributed by atoms with van der Waals surface area (Å²) in [7, 11) is 0. The molecule has 0 unspecified atom stereocenters. The van der Waals surface area contributed by atoms with Crippen LogP contribution in [-0.4, -0.2) is 39.1 Å². The Morgan fingerprint density at radius 1 is 1.00 bits per heavy atom. The molecule has 0 heterocycles. The molecule has 0 saturated carbocycles. The van der Waals surface area contributed by atoms with Gasteiger partial charge in [-0.05, 0) is 25.1 Å². The lowest BCUT2D eigenvalue weighted by molar-refractivity contribution is -0.173. The zero-order valence-electron chi connectivity index (χ0n) is 10.6. The highest BCUT2D eigenvalue weighted by molar-refractivity contribution is 5.20. The lowest BCUT2D eigenvalue weighted by atomic mass is 10.3. The van der Waals surface area contributed by atoms with Gasteiger partial charge in [0.05, 0.1) is 13.2 Å². The molecule has 3 nitrogen and oxygen atoms in total. The summed E-state index contributed by atoms with van der Waals surface area (Å²) in [4.78, 5) is 0. The van der Waals surface area contributed by atoms with Gasteiger partial charge in [0.2, 0.25) is 0 Å². The van der Waals surface area contributed by atoms with Crippen LogP contribution in [0.4, 0.5) is 13.2 Å². The monoisotopic (exact) mass is 277 g/mol. The molecule has 6 heteroatoms. The quantitative estimate of drug-likeness (QED) is 0.704. The summed E-state index contributed by atoms with van der Waals surface area (Å²) in [6, 6.07) is 9.45. The summed E-state index contributed by atoms with van der Waals surface area (Å²) in [5, 5.41) is 2.99. The Bertz CT molecular complexity index is 330. The second-order valence-corrected chi connectivity index (χ2v) is 3.93. The van der Waals surface area contributed by atoms with Crippen molar-refractivity contribution in [1.29, 1.82) is 0 Å². The van der Waals surface area contributed by atoms with Gasteiger partial charge in [-0.2, -0.15) is 13.2 Å². The molecule has 0 radical (unpaired) electrons. The molecule has 1 rings (SSSR count). The molecule has 1 N–H and O–H groups in total. The largest absolute Gasteiger partial charge is 0.494 e. The van der Waals surface area contributed by atoms with E-state index in [1.54, 1.807) is 0 Å². The van der Waals surface area contributed by atoms with Crippen LogP contribution in [0.5, 0.6) is 5.75 Å². The molecule has 108 valence electrons. The van der Waals surface area contributed by atoms with Crippen LogP contribution in [0.1, 0.15) is 6.42 Å². The van der Waals surface area contributed by atoms with Crippen molar-refractivity contribution in [3.05, 3.63) is 30.3 Å². The third-order valence-electron chi connectivity index (χ3n) is 2.20. The van der Waals surface area contributed by atoms with E-state index in [-0.39, 0.29) is 6.61 Å². The fourth-order valence-corrected chi connectivity index (χ4v) is 1.36. The summed E-state index contributed by atoms with van der Waals surface area (Å²) in [6.07, 6.45) is -3.46. The Labute approximate surface area is 110 Å². The third-order valence-corrected chi connectivity index (χ3v) is 2.20. The zero-order valence-corrected chi connectivity index (χ0v) is 10.6. The van der Waals surface area contributed by atoms with Crippen LogP contribution in [0.15, 0.2) is 30.3 Å². The number of rotatable bonds is 9. The van der Waals surface area contributed by atoms with E-state index in [0.29, 0.717) is 19.7 Å². The Morgan fingerprint density at radius 3 is 2.42 bits per heavy atom. The van der Waals surface area contributed by atoms with Gasteiger partial charge in [0.15, 0.2) is 0 Å². The van der Waals surface area contributed by atoms with E-state index in [2.05, 4.69) is 10.1 Å². The number of ether oxygens (including phenoxy) is 2. The first-order valence-corrected chi connectivity index (χ1v) is 6.11. The van der Waals surface area contributed by atoms with Gasteiger partial charge >= 0.3 is 6.18 Å². The van der Waals surface area contributed by atoms with Gasteiger partial charge in [-0.25, -0.2) is 0 Å². The molecular formula is C13H18F3NO2. The van der Waals surface area contributed by atoms with Gasteiger partial charge in [0, 0.05) is 6.54 Å². The summed E-state index contributed by atoms with van der Waals surface area (Å²) in [5.74, 6) is 0.816. The van der Waals surface area contributed by atoms with Crippen LogP contribution in [0.3, 0.4) is 0 Å². The predicted molar refractivity (Wildman–Crippen MR) is 66.3 cm³/mol. The number of hydrogen-bond acceptors (Lipinski definition) is 3. The number of hydrogen-bond donors (Lipinski definition) is 1. The molecule has 0 fully saturated rings. The molecular weight excluding hydrogens is 259 g/mol. The average Bonchev–Trinajstić information content (AvgIpc) is 2.37. The van der Waals surface area contributed by atoms with Gasteiger partial charge in [-0.15, -0.1) is 0 Å². The molecule has 0 aliphatic rings. The van der Waals surface area contributed by atoms with Gasteiger partial charge in [-0.1, -0.05) is 18.2 Å². The molecule has 1 aromatic carbocycles. The molecule has 0 saturated heterocycles. The zero-order chi connectivity index (χ0) is 14.0. The Balaban J connectivity index is 1.87. The topological polar surface area (TPSA) is 30.5 Å². The number of para-hydroxylation sites is 1. The van der Waals surface area contributed by atoms with E-state index in [9.17, 15) is 13.2 Å². The minimum absolute atomic E-state index is 0.0546. The van der Waals surface area contributed by atoms with Crippen molar-refractivity contribution in [1.82, 2.24) is 5.32 Å². The van der Waals surface area contributed by atoms with Crippen molar-refractivity contribution in [2.75, 3.05) is 32.9 Å². The van der Waals surface area contributed by atoms with Gasteiger partial charge in [0.25, 0.3) is 0 Å². The number of halogens is 3. The fraction of sp³-hybridized carbons (Fsp3) is 0.538. The lowest BCUT2D eigenvalue weighted by Crippen LogP contribution is -2.25. The van der Waals surface area contributed by atoms with Crippen LogP contribution < -0.4 is 10.1 Å². The maximum absolute atomic E-state index is 11.7. The van der Waals surface area contributed by atoms with Crippen molar-refractivity contribution in [3.8, 4) is 5.75 Å². The molecule has 1 aromatic rings. The van der Waals surface area contributed by atoms with Crippen molar-refractivity contribution < 1.29 is 22.6 Å². The molecule has 0 spiro atoms. The van der Waals surface area contributed by atoms with Crippen LogP contribution in [-0.2, 0) is 4.74 Å². The van der Waals surface area contributed by atoms with Crippen LogP contribution in [0.25, 0.3) is 0 Å². The predicted octanol–water partition coefficient (Wildman–Crippen LogP) is 2.62. The molecule has 0 atom stereocenters. The summed E-state index contributed by atoms with van der Waals surface area (Å²) in [5.41, 5.74) is 0. The first-order chi connectivity index (χ1) is 9.08. The molecule has 0 amide bonds. The second-order valence-electron chi connectivity index (χ2n) is 3.93. The van der Waals surface area contributed by atoms with Gasteiger partial charge < -0.3 is 14.8 Å². The minimum Gasteiger partial charge on any atom is -0.494 e. The highest BCUT2D eigenvalue weighted by atomic mass is 19.4. The van der Waals surface area contributed by atoms with E-state index >= 15 is 0 Å². The maximum atomic E-state index is 11.7. The standard InChI is InChI=1S/C13H18F3NO2/c14-13(15,16)11-18-10-8-17-7-4-9-19-12-5-2-1-3-6-12/h1-3,5-6,17H,4,7-11H2. The van der Waals surface area contributed by atoms with Crippen molar-refractivity contribution in [3.63, 3.8) is 0 Å².